The molecular formula is C24H28ClF2N7O2. The minimum Gasteiger partial charge on any atom is -0.393 e. The maximum Gasteiger partial charge on any atom is 0.224 e. The van der Waals surface area contributed by atoms with Gasteiger partial charge >= 0.3 is 0 Å². The summed E-state index contributed by atoms with van der Waals surface area (Å²) in [4.78, 5) is 25.4. The molecule has 192 valence electrons. The van der Waals surface area contributed by atoms with Crippen molar-refractivity contribution < 1.29 is 18.7 Å². The Labute approximate surface area is 211 Å². The lowest BCUT2D eigenvalue weighted by Gasteiger charge is -2.29. The van der Waals surface area contributed by atoms with Crippen LogP contribution in [0.3, 0.4) is 0 Å². The Kier molecular flexibility index (Phi) is 6.94. The van der Waals surface area contributed by atoms with Crippen molar-refractivity contribution in [1.29, 1.82) is 0 Å². The molecule has 0 aliphatic heterocycles. The highest BCUT2D eigenvalue weighted by molar-refractivity contribution is 6.33. The summed E-state index contributed by atoms with van der Waals surface area (Å²) in [5.74, 6) is -1.44. The van der Waals surface area contributed by atoms with Crippen LogP contribution in [-0.2, 0) is 4.79 Å². The van der Waals surface area contributed by atoms with E-state index in [4.69, 9.17) is 22.3 Å². The van der Waals surface area contributed by atoms with Crippen LogP contribution in [0.4, 0.5) is 26.4 Å². The molecule has 2 aliphatic rings. The second kappa shape index (κ2) is 10.1. The van der Waals surface area contributed by atoms with Gasteiger partial charge in [0.25, 0.3) is 0 Å². The Morgan fingerprint density at radius 3 is 2.61 bits per heavy atom. The second-order valence-electron chi connectivity index (χ2n) is 9.65. The number of halogens is 3. The quantitative estimate of drug-likeness (QED) is 0.379. The summed E-state index contributed by atoms with van der Waals surface area (Å²) in [5.41, 5.74) is 6.44. The van der Waals surface area contributed by atoms with Gasteiger partial charge in [-0.1, -0.05) is 11.6 Å². The van der Waals surface area contributed by atoms with Gasteiger partial charge in [0.05, 0.1) is 23.0 Å². The Morgan fingerprint density at radius 1 is 1.14 bits per heavy atom. The van der Waals surface area contributed by atoms with E-state index in [0.29, 0.717) is 55.2 Å². The standard InChI is InChI=1S/C24H28ClF2N7O2/c25-17-8-13(26)9-18(27)20(17)32-24-31-19-11-29-23(30-14-2-1-3-16(35)10-14)33-22(19)34(24)15-6-4-12(5-7-15)21(28)36/h8-9,11-12,14-16,35H,1-7,10H2,(H2,28,36)(H,31,32)(H,29,30,33)/t12-,14-,15-,16+/m1/s1. The second-order valence-corrected chi connectivity index (χ2v) is 10.1. The zero-order valence-corrected chi connectivity index (χ0v) is 20.3. The minimum absolute atomic E-state index is 0.0540. The number of benzene rings is 1. The van der Waals surface area contributed by atoms with Crippen molar-refractivity contribution in [3.8, 4) is 0 Å². The van der Waals surface area contributed by atoms with E-state index in [0.717, 1.165) is 31.4 Å². The molecule has 2 fully saturated rings. The zero-order valence-electron chi connectivity index (χ0n) is 19.6. The van der Waals surface area contributed by atoms with Crippen molar-refractivity contribution >= 4 is 46.3 Å². The van der Waals surface area contributed by atoms with Crippen LogP contribution in [0.5, 0.6) is 0 Å². The molecule has 3 aromatic rings. The summed E-state index contributed by atoms with van der Waals surface area (Å²) in [6.45, 7) is 0. The SMILES string of the molecule is NC(=O)[C@H]1CC[C@H](n2c(Nc3c(F)cc(F)cc3Cl)nc3cnc(N[C@@H]4CCC[C@H](O)C4)nc32)CC1. The van der Waals surface area contributed by atoms with Crippen LogP contribution in [0, 0.1) is 17.6 Å². The van der Waals surface area contributed by atoms with E-state index in [1.807, 2.05) is 4.57 Å². The van der Waals surface area contributed by atoms with Gasteiger partial charge in [-0.05, 0) is 57.4 Å². The predicted molar refractivity (Wildman–Crippen MR) is 132 cm³/mol. The number of aromatic nitrogens is 4. The number of fused-ring (bicyclic) bond motifs is 1. The number of hydrogen-bond acceptors (Lipinski definition) is 7. The Bertz CT molecular complexity index is 1260. The van der Waals surface area contributed by atoms with E-state index < -0.39 is 11.6 Å². The Hall–Kier alpha value is -3.05. The third-order valence-corrected chi connectivity index (χ3v) is 7.42. The lowest BCUT2D eigenvalue weighted by atomic mass is 9.85. The molecule has 2 aromatic heterocycles. The number of amides is 1. The third kappa shape index (κ3) is 5.08. The van der Waals surface area contributed by atoms with Crippen LogP contribution in [0.15, 0.2) is 18.3 Å². The van der Waals surface area contributed by atoms with Gasteiger partial charge in [-0.25, -0.2) is 18.7 Å². The first-order valence-electron chi connectivity index (χ1n) is 12.2. The van der Waals surface area contributed by atoms with Crippen LogP contribution in [-0.4, -0.2) is 42.7 Å². The molecule has 1 amide bonds. The Morgan fingerprint density at radius 2 is 1.92 bits per heavy atom. The number of rotatable bonds is 6. The largest absolute Gasteiger partial charge is 0.393 e. The maximum absolute atomic E-state index is 14.6. The number of imidazole rings is 1. The van der Waals surface area contributed by atoms with E-state index in [1.165, 1.54) is 0 Å². The maximum atomic E-state index is 14.6. The molecule has 0 bridgehead atoms. The Balaban J connectivity index is 1.51. The van der Waals surface area contributed by atoms with Gasteiger partial charge in [-0.3, -0.25) is 9.36 Å². The monoisotopic (exact) mass is 519 g/mol. The van der Waals surface area contributed by atoms with Crippen LogP contribution in [0.2, 0.25) is 5.02 Å². The van der Waals surface area contributed by atoms with Gasteiger partial charge in [0.1, 0.15) is 11.3 Å². The van der Waals surface area contributed by atoms with Crippen molar-refractivity contribution in [3.05, 3.63) is 35.0 Å². The first-order valence-corrected chi connectivity index (χ1v) is 12.6. The van der Waals surface area contributed by atoms with Crippen LogP contribution in [0.1, 0.15) is 57.4 Å². The summed E-state index contributed by atoms with van der Waals surface area (Å²) < 4.78 is 30.1. The van der Waals surface area contributed by atoms with E-state index in [2.05, 4.69) is 20.6 Å². The third-order valence-electron chi connectivity index (χ3n) is 7.12. The van der Waals surface area contributed by atoms with Crippen molar-refractivity contribution in [2.45, 2.75) is 69.6 Å². The molecule has 5 N–H and O–H groups in total. The van der Waals surface area contributed by atoms with Crippen molar-refractivity contribution in [2.75, 3.05) is 10.6 Å². The molecule has 2 saturated carbocycles. The molecular weight excluding hydrogens is 492 g/mol. The molecule has 36 heavy (non-hydrogen) atoms. The summed E-state index contributed by atoms with van der Waals surface area (Å²) in [5, 5.41) is 16.1. The van der Waals surface area contributed by atoms with Gasteiger partial charge in [-0.2, -0.15) is 4.98 Å². The molecule has 0 unspecified atom stereocenters. The van der Waals surface area contributed by atoms with E-state index in [1.54, 1.807) is 6.20 Å². The van der Waals surface area contributed by atoms with Crippen molar-refractivity contribution in [2.24, 2.45) is 11.7 Å². The number of carbonyl (C=O) groups is 1. The molecule has 1 aromatic carbocycles. The summed E-state index contributed by atoms with van der Waals surface area (Å²) in [7, 11) is 0. The van der Waals surface area contributed by atoms with Gasteiger partial charge < -0.3 is 21.5 Å². The van der Waals surface area contributed by atoms with Crippen LogP contribution in [0.25, 0.3) is 11.2 Å². The highest BCUT2D eigenvalue weighted by Gasteiger charge is 2.30. The number of aliphatic hydroxyl groups is 1. The van der Waals surface area contributed by atoms with Gasteiger partial charge in [-0.15, -0.1) is 0 Å². The molecule has 0 saturated heterocycles. The van der Waals surface area contributed by atoms with Crippen LogP contribution >= 0.6 is 11.6 Å². The van der Waals surface area contributed by atoms with E-state index in [9.17, 15) is 18.7 Å². The number of anilines is 3. The number of primary amides is 1. The number of hydrogen-bond donors (Lipinski definition) is 4. The molecule has 5 rings (SSSR count). The fourth-order valence-electron chi connectivity index (χ4n) is 5.26. The smallest absolute Gasteiger partial charge is 0.224 e. The lowest BCUT2D eigenvalue weighted by Crippen LogP contribution is -2.30. The molecule has 2 heterocycles. The topological polar surface area (TPSA) is 131 Å². The number of aliphatic hydroxyl groups excluding tert-OH is 1. The predicted octanol–water partition coefficient (Wildman–Crippen LogP) is 4.43. The molecule has 0 radical (unpaired) electrons. The molecule has 2 atom stereocenters. The number of carbonyl (C=O) groups excluding carboxylic acids is 1. The minimum atomic E-state index is -0.847. The molecule has 2 aliphatic carbocycles. The fourth-order valence-corrected chi connectivity index (χ4v) is 5.51. The number of nitrogens with one attached hydrogen (secondary N) is 2. The first-order chi connectivity index (χ1) is 17.3. The highest BCUT2D eigenvalue weighted by Crippen LogP contribution is 2.38. The lowest BCUT2D eigenvalue weighted by molar-refractivity contribution is -0.122. The zero-order chi connectivity index (χ0) is 25.4. The van der Waals surface area contributed by atoms with Gasteiger partial charge in [0, 0.05) is 24.1 Å². The molecule has 0 spiro atoms. The summed E-state index contributed by atoms with van der Waals surface area (Å²) >= 11 is 6.13. The van der Waals surface area contributed by atoms with Crippen LogP contribution < -0.4 is 16.4 Å². The summed E-state index contributed by atoms with van der Waals surface area (Å²) in [6, 6.07) is 1.74. The van der Waals surface area contributed by atoms with E-state index in [-0.39, 0.29) is 40.7 Å². The van der Waals surface area contributed by atoms with E-state index >= 15 is 0 Å². The summed E-state index contributed by atoms with van der Waals surface area (Å²) in [6.07, 6.45) is 6.99. The number of nitrogens with zero attached hydrogens (tertiary/aromatic N) is 4. The first kappa shape index (κ1) is 24.6. The normalized spacial score (nSPS) is 24.6. The molecule has 12 heteroatoms. The molecule has 9 nitrogen and oxygen atoms in total. The van der Waals surface area contributed by atoms with Gasteiger partial charge in [0.15, 0.2) is 11.5 Å². The fraction of sp³-hybridized carbons (Fsp3) is 0.500. The van der Waals surface area contributed by atoms with Crippen molar-refractivity contribution in [3.63, 3.8) is 0 Å². The highest BCUT2D eigenvalue weighted by atomic mass is 35.5. The average Bonchev–Trinajstić information content (AvgIpc) is 3.18. The van der Waals surface area contributed by atoms with Gasteiger partial charge in [0.2, 0.25) is 17.8 Å². The average molecular weight is 520 g/mol. The number of nitrogens with two attached hydrogens (primary N) is 1. The van der Waals surface area contributed by atoms with Crippen molar-refractivity contribution in [1.82, 2.24) is 19.5 Å².